The van der Waals surface area contributed by atoms with Gasteiger partial charge in [-0.3, -0.25) is 14.0 Å². The van der Waals surface area contributed by atoms with Crippen LogP contribution < -0.4 is 10.9 Å². The molecule has 0 fully saturated rings. The molecule has 0 aliphatic heterocycles. The summed E-state index contributed by atoms with van der Waals surface area (Å²) in [5, 5.41) is 4.49. The van der Waals surface area contributed by atoms with Crippen LogP contribution >= 0.6 is 11.3 Å². The number of hydrogen-bond acceptors (Lipinski definition) is 4. The SMILES string of the molecule is O=C(Nc1cccc(C#Cc2ccccc2)c1)c1cnc2sccn2c1=O. The largest absolute Gasteiger partial charge is 0.322 e. The van der Waals surface area contributed by atoms with Gasteiger partial charge in [0, 0.05) is 34.6 Å². The van der Waals surface area contributed by atoms with Crippen LogP contribution in [-0.4, -0.2) is 15.3 Å². The lowest BCUT2D eigenvalue weighted by atomic mass is 10.1. The van der Waals surface area contributed by atoms with Crippen LogP contribution in [0.15, 0.2) is 77.2 Å². The Morgan fingerprint density at radius 2 is 1.81 bits per heavy atom. The molecule has 1 N–H and O–H groups in total. The van der Waals surface area contributed by atoms with Crippen molar-refractivity contribution in [2.75, 3.05) is 5.32 Å². The van der Waals surface area contributed by atoms with Crippen molar-refractivity contribution in [3.63, 3.8) is 0 Å². The van der Waals surface area contributed by atoms with Crippen molar-refractivity contribution < 1.29 is 4.79 Å². The Hall–Kier alpha value is -3.69. The van der Waals surface area contributed by atoms with Gasteiger partial charge in [0.05, 0.1) is 0 Å². The van der Waals surface area contributed by atoms with Gasteiger partial charge in [-0.15, -0.1) is 11.3 Å². The van der Waals surface area contributed by atoms with E-state index in [1.54, 1.807) is 29.8 Å². The number of rotatable bonds is 2. The lowest BCUT2D eigenvalue weighted by Crippen LogP contribution is -2.25. The minimum atomic E-state index is -0.499. The van der Waals surface area contributed by atoms with Gasteiger partial charge in [0.1, 0.15) is 5.56 Å². The number of anilines is 1. The standard InChI is InChI=1S/C21H13N3O2S/c25-19(18-14-22-21-24(20(18)26)11-12-27-21)23-17-8-4-7-16(13-17)10-9-15-5-2-1-3-6-15/h1-8,11-14H,(H,23,25). The highest BCUT2D eigenvalue weighted by molar-refractivity contribution is 7.15. The van der Waals surface area contributed by atoms with Gasteiger partial charge in [0.15, 0.2) is 4.96 Å². The molecule has 4 rings (SSSR count). The van der Waals surface area contributed by atoms with Crippen molar-refractivity contribution >= 4 is 27.9 Å². The van der Waals surface area contributed by atoms with Gasteiger partial charge in [-0.2, -0.15) is 0 Å². The van der Waals surface area contributed by atoms with Crippen LogP contribution in [0.3, 0.4) is 0 Å². The molecule has 0 atom stereocenters. The number of nitrogens with zero attached hydrogens (tertiary/aromatic N) is 2. The first-order valence-corrected chi connectivity index (χ1v) is 9.02. The van der Waals surface area contributed by atoms with Gasteiger partial charge in [0.2, 0.25) is 0 Å². The topological polar surface area (TPSA) is 63.5 Å². The smallest absolute Gasteiger partial charge is 0.271 e. The fourth-order valence-electron chi connectivity index (χ4n) is 2.52. The van der Waals surface area contributed by atoms with Crippen molar-refractivity contribution in [3.05, 3.63) is 99.4 Å². The number of carbonyl (C=O) groups is 1. The van der Waals surface area contributed by atoms with E-state index in [4.69, 9.17) is 0 Å². The van der Waals surface area contributed by atoms with Crippen LogP contribution in [0.1, 0.15) is 21.5 Å². The Labute approximate surface area is 159 Å². The Morgan fingerprint density at radius 3 is 2.67 bits per heavy atom. The molecule has 0 unspecified atom stereocenters. The minimum Gasteiger partial charge on any atom is -0.322 e. The van der Waals surface area contributed by atoms with E-state index in [-0.39, 0.29) is 5.56 Å². The summed E-state index contributed by atoms with van der Waals surface area (Å²) in [6.45, 7) is 0. The van der Waals surface area contributed by atoms with Crippen LogP contribution in [0.25, 0.3) is 4.96 Å². The van der Waals surface area contributed by atoms with Gasteiger partial charge in [-0.1, -0.05) is 36.1 Å². The number of hydrogen-bond donors (Lipinski definition) is 1. The van der Waals surface area contributed by atoms with Crippen LogP contribution in [0.4, 0.5) is 5.69 Å². The van der Waals surface area contributed by atoms with Gasteiger partial charge in [0.25, 0.3) is 11.5 Å². The Balaban J connectivity index is 1.57. The van der Waals surface area contributed by atoms with E-state index in [0.29, 0.717) is 10.6 Å². The number of benzene rings is 2. The fraction of sp³-hybridized carbons (Fsp3) is 0. The van der Waals surface area contributed by atoms with Crippen LogP contribution in [0.2, 0.25) is 0 Å². The van der Waals surface area contributed by atoms with Crippen molar-refractivity contribution in [2.24, 2.45) is 0 Å². The number of amides is 1. The first-order valence-electron chi connectivity index (χ1n) is 8.14. The fourth-order valence-corrected chi connectivity index (χ4v) is 3.19. The van der Waals surface area contributed by atoms with Gasteiger partial charge in [-0.05, 0) is 30.3 Å². The zero-order valence-corrected chi connectivity index (χ0v) is 14.9. The molecular weight excluding hydrogens is 358 g/mol. The first-order chi connectivity index (χ1) is 13.2. The summed E-state index contributed by atoms with van der Waals surface area (Å²) in [4.78, 5) is 29.6. The molecular formula is C21H13N3O2S. The highest BCUT2D eigenvalue weighted by Crippen LogP contribution is 2.12. The zero-order valence-electron chi connectivity index (χ0n) is 14.0. The molecule has 2 heterocycles. The zero-order chi connectivity index (χ0) is 18.6. The maximum absolute atomic E-state index is 12.5. The third-order valence-electron chi connectivity index (χ3n) is 3.83. The summed E-state index contributed by atoms with van der Waals surface area (Å²) < 4.78 is 1.36. The van der Waals surface area contributed by atoms with Crippen molar-refractivity contribution in [1.29, 1.82) is 0 Å². The van der Waals surface area contributed by atoms with Crippen molar-refractivity contribution in [1.82, 2.24) is 9.38 Å². The number of thiazole rings is 1. The molecule has 2 aromatic carbocycles. The highest BCUT2D eigenvalue weighted by atomic mass is 32.1. The average Bonchev–Trinajstić information content (AvgIpc) is 3.17. The molecule has 5 nitrogen and oxygen atoms in total. The second-order valence-corrected chi connectivity index (χ2v) is 6.56. The average molecular weight is 371 g/mol. The lowest BCUT2D eigenvalue weighted by molar-refractivity contribution is 0.102. The summed E-state index contributed by atoms with van der Waals surface area (Å²) in [6.07, 6.45) is 2.91. The number of fused-ring (bicyclic) bond motifs is 1. The molecule has 0 bridgehead atoms. The second kappa shape index (κ2) is 7.28. The Bertz CT molecular complexity index is 1250. The molecule has 1 amide bonds. The molecule has 6 heteroatoms. The van der Waals surface area contributed by atoms with E-state index in [1.165, 1.54) is 21.9 Å². The van der Waals surface area contributed by atoms with E-state index >= 15 is 0 Å². The number of aromatic nitrogens is 2. The molecule has 2 aromatic heterocycles. The van der Waals surface area contributed by atoms with Gasteiger partial charge >= 0.3 is 0 Å². The summed E-state index contributed by atoms with van der Waals surface area (Å²) in [7, 11) is 0. The predicted octanol–water partition coefficient (Wildman–Crippen LogP) is 3.41. The number of carbonyl (C=O) groups excluding carboxylic acids is 1. The summed E-state index contributed by atoms with van der Waals surface area (Å²) in [5.41, 5.74) is 1.84. The first kappa shape index (κ1) is 16.8. The molecule has 130 valence electrons. The van der Waals surface area contributed by atoms with Crippen LogP contribution in [0.5, 0.6) is 0 Å². The second-order valence-electron chi connectivity index (χ2n) is 5.68. The molecule has 0 spiro atoms. The van der Waals surface area contributed by atoms with E-state index < -0.39 is 11.5 Å². The van der Waals surface area contributed by atoms with E-state index in [0.717, 1.165) is 11.1 Å². The quantitative estimate of drug-likeness (QED) is 0.549. The minimum absolute atomic E-state index is 0.00771. The van der Waals surface area contributed by atoms with Gasteiger partial charge < -0.3 is 5.32 Å². The summed E-state index contributed by atoms with van der Waals surface area (Å²) in [5.74, 6) is 5.64. The van der Waals surface area contributed by atoms with E-state index in [2.05, 4.69) is 22.1 Å². The molecule has 4 aromatic rings. The monoisotopic (exact) mass is 371 g/mol. The van der Waals surface area contributed by atoms with Crippen molar-refractivity contribution in [3.8, 4) is 11.8 Å². The Morgan fingerprint density at radius 1 is 1.04 bits per heavy atom. The third-order valence-corrected chi connectivity index (χ3v) is 4.60. The predicted molar refractivity (Wildman–Crippen MR) is 106 cm³/mol. The molecule has 0 radical (unpaired) electrons. The molecule has 0 aliphatic carbocycles. The lowest BCUT2D eigenvalue weighted by Gasteiger charge is -2.05. The molecule has 0 saturated heterocycles. The molecule has 27 heavy (non-hydrogen) atoms. The highest BCUT2D eigenvalue weighted by Gasteiger charge is 2.14. The van der Waals surface area contributed by atoms with Crippen LogP contribution in [0, 0.1) is 11.8 Å². The summed E-state index contributed by atoms with van der Waals surface area (Å²) >= 11 is 1.34. The Kier molecular flexibility index (Phi) is 4.52. The maximum Gasteiger partial charge on any atom is 0.271 e. The van der Waals surface area contributed by atoms with Gasteiger partial charge in [-0.25, -0.2) is 4.98 Å². The maximum atomic E-state index is 12.5. The van der Waals surface area contributed by atoms with Crippen molar-refractivity contribution in [2.45, 2.75) is 0 Å². The number of nitrogens with one attached hydrogen (secondary N) is 1. The molecule has 0 aliphatic rings. The van der Waals surface area contributed by atoms with Crippen LogP contribution in [-0.2, 0) is 0 Å². The normalized spacial score (nSPS) is 10.2. The molecule has 0 saturated carbocycles. The third kappa shape index (κ3) is 3.64. The van der Waals surface area contributed by atoms with E-state index in [9.17, 15) is 9.59 Å². The van der Waals surface area contributed by atoms with E-state index in [1.807, 2.05) is 36.4 Å². The summed E-state index contributed by atoms with van der Waals surface area (Å²) in [6, 6.07) is 16.8.